The van der Waals surface area contributed by atoms with Gasteiger partial charge in [-0.25, -0.2) is 9.97 Å². The van der Waals surface area contributed by atoms with Crippen LogP contribution in [0, 0.1) is 0 Å². The lowest BCUT2D eigenvalue weighted by atomic mass is 10.0. The number of primary amides is 1. The van der Waals surface area contributed by atoms with Gasteiger partial charge in [-0.3, -0.25) is 14.6 Å². The quantitative estimate of drug-likeness (QED) is 0.782. The molecule has 1 aliphatic rings. The second kappa shape index (κ2) is 5.72. The molecule has 2 aromatic heterocycles. The van der Waals surface area contributed by atoms with Crippen LogP contribution in [0.1, 0.15) is 40.6 Å². The fourth-order valence-corrected chi connectivity index (χ4v) is 2.07. The Morgan fingerprint density at radius 2 is 2.04 bits per heavy atom. The van der Waals surface area contributed by atoms with Crippen LogP contribution in [0.2, 0.25) is 0 Å². The minimum Gasteiger partial charge on any atom is -0.449 e. The molecule has 2 aromatic rings. The normalized spacial score (nSPS) is 12.8. The van der Waals surface area contributed by atoms with Crippen molar-refractivity contribution in [3.8, 4) is 11.6 Å². The first-order valence-electron chi connectivity index (χ1n) is 6.95. The van der Waals surface area contributed by atoms with E-state index in [4.69, 9.17) is 15.2 Å². The number of nitrogens with one attached hydrogen (secondary N) is 1. The molecule has 10 nitrogen and oxygen atoms in total. The van der Waals surface area contributed by atoms with E-state index in [1.165, 1.54) is 18.6 Å². The summed E-state index contributed by atoms with van der Waals surface area (Å²) in [7, 11) is 0. The van der Waals surface area contributed by atoms with Gasteiger partial charge in [-0.15, -0.1) is 0 Å². The zero-order valence-electron chi connectivity index (χ0n) is 12.9. The summed E-state index contributed by atoms with van der Waals surface area (Å²) < 4.78 is 10.4. The number of carbonyl (C=O) groups is 2. The van der Waals surface area contributed by atoms with E-state index in [0.29, 0.717) is 0 Å². The standard InChI is InChI=1S/C14H14N6O4/c1-14(2,20-11(22)7-5-16-3-4-17-7)13-18-8(10(15)21)9-12(19-13)24-6-23-9/h3-5H,6H2,1-2H3,(H2,15,21)(H,20,22). The molecule has 3 N–H and O–H groups in total. The Balaban J connectivity index is 1.94. The van der Waals surface area contributed by atoms with Crippen LogP contribution in [0.25, 0.3) is 0 Å². The molecule has 0 aliphatic carbocycles. The highest BCUT2D eigenvalue weighted by Gasteiger charge is 2.33. The molecular formula is C14H14N6O4. The van der Waals surface area contributed by atoms with Crippen molar-refractivity contribution in [1.82, 2.24) is 25.3 Å². The van der Waals surface area contributed by atoms with Gasteiger partial charge in [0.15, 0.2) is 11.5 Å². The maximum Gasteiger partial charge on any atom is 0.272 e. The molecule has 3 heterocycles. The number of hydrogen-bond donors (Lipinski definition) is 2. The molecule has 0 aromatic carbocycles. The topological polar surface area (TPSA) is 142 Å². The molecule has 0 radical (unpaired) electrons. The summed E-state index contributed by atoms with van der Waals surface area (Å²) >= 11 is 0. The average molecular weight is 330 g/mol. The molecule has 10 heteroatoms. The van der Waals surface area contributed by atoms with Crippen molar-refractivity contribution in [1.29, 1.82) is 0 Å². The van der Waals surface area contributed by atoms with Crippen molar-refractivity contribution in [2.45, 2.75) is 19.4 Å². The van der Waals surface area contributed by atoms with Gasteiger partial charge in [0.05, 0.1) is 11.7 Å². The van der Waals surface area contributed by atoms with Gasteiger partial charge in [0.1, 0.15) is 5.69 Å². The summed E-state index contributed by atoms with van der Waals surface area (Å²) in [5.41, 5.74) is 4.33. The summed E-state index contributed by atoms with van der Waals surface area (Å²) in [6.07, 6.45) is 4.20. The lowest BCUT2D eigenvalue weighted by Crippen LogP contribution is -2.43. The molecule has 3 rings (SSSR count). The van der Waals surface area contributed by atoms with Crippen LogP contribution in [0.5, 0.6) is 11.6 Å². The van der Waals surface area contributed by atoms with Crippen LogP contribution >= 0.6 is 0 Å². The minimum absolute atomic E-state index is 0.0832. The van der Waals surface area contributed by atoms with Crippen LogP contribution < -0.4 is 20.5 Å². The third-order valence-corrected chi connectivity index (χ3v) is 3.25. The number of nitrogens with two attached hydrogens (primary N) is 1. The molecule has 0 atom stereocenters. The number of nitrogens with zero attached hydrogens (tertiary/aromatic N) is 4. The fraction of sp³-hybridized carbons (Fsp3) is 0.286. The van der Waals surface area contributed by atoms with Crippen molar-refractivity contribution in [3.05, 3.63) is 35.8 Å². The van der Waals surface area contributed by atoms with E-state index in [1.54, 1.807) is 13.8 Å². The number of ether oxygens (including phenoxy) is 2. The zero-order valence-corrected chi connectivity index (χ0v) is 12.9. The van der Waals surface area contributed by atoms with Crippen LogP contribution in [-0.4, -0.2) is 38.5 Å². The largest absolute Gasteiger partial charge is 0.449 e. The van der Waals surface area contributed by atoms with E-state index in [2.05, 4.69) is 25.3 Å². The maximum atomic E-state index is 12.3. The smallest absolute Gasteiger partial charge is 0.272 e. The Morgan fingerprint density at radius 3 is 2.71 bits per heavy atom. The summed E-state index contributed by atoms with van der Waals surface area (Å²) in [6, 6.07) is 0. The third kappa shape index (κ3) is 2.81. The van der Waals surface area contributed by atoms with Gasteiger partial charge in [0, 0.05) is 12.4 Å². The van der Waals surface area contributed by atoms with Crippen molar-refractivity contribution in [2.24, 2.45) is 5.73 Å². The molecule has 124 valence electrons. The molecule has 0 fully saturated rings. The molecule has 0 unspecified atom stereocenters. The lowest BCUT2D eigenvalue weighted by Gasteiger charge is -2.24. The highest BCUT2D eigenvalue weighted by Crippen LogP contribution is 2.34. The van der Waals surface area contributed by atoms with E-state index in [-0.39, 0.29) is 35.6 Å². The van der Waals surface area contributed by atoms with Gasteiger partial charge in [-0.05, 0) is 13.8 Å². The second-order valence-electron chi connectivity index (χ2n) is 5.47. The van der Waals surface area contributed by atoms with Crippen molar-refractivity contribution in [3.63, 3.8) is 0 Å². The first-order valence-corrected chi connectivity index (χ1v) is 6.95. The molecule has 0 saturated carbocycles. The highest BCUT2D eigenvalue weighted by molar-refractivity contribution is 5.94. The lowest BCUT2D eigenvalue weighted by molar-refractivity contribution is 0.0902. The van der Waals surface area contributed by atoms with Gasteiger partial charge < -0.3 is 20.5 Å². The molecule has 2 amide bonds. The zero-order chi connectivity index (χ0) is 17.3. The van der Waals surface area contributed by atoms with Gasteiger partial charge in [0.2, 0.25) is 12.5 Å². The maximum absolute atomic E-state index is 12.3. The van der Waals surface area contributed by atoms with Crippen LogP contribution in [0.4, 0.5) is 0 Å². The molecule has 24 heavy (non-hydrogen) atoms. The van der Waals surface area contributed by atoms with E-state index in [9.17, 15) is 9.59 Å². The van der Waals surface area contributed by atoms with Crippen LogP contribution in [-0.2, 0) is 5.54 Å². The Morgan fingerprint density at radius 1 is 1.25 bits per heavy atom. The predicted molar refractivity (Wildman–Crippen MR) is 79.2 cm³/mol. The molecular weight excluding hydrogens is 316 g/mol. The Bertz CT molecular complexity index is 808. The number of rotatable bonds is 4. The fourth-order valence-electron chi connectivity index (χ4n) is 2.07. The van der Waals surface area contributed by atoms with E-state index in [1.807, 2.05) is 0 Å². The average Bonchev–Trinajstić information content (AvgIpc) is 3.02. The molecule has 0 saturated heterocycles. The number of amides is 2. The van der Waals surface area contributed by atoms with Gasteiger partial charge in [-0.2, -0.15) is 4.98 Å². The first kappa shape index (κ1) is 15.6. The SMILES string of the molecule is CC(C)(NC(=O)c1cnccn1)c1nc2c(c(C(N)=O)n1)OCO2. The van der Waals surface area contributed by atoms with E-state index >= 15 is 0 Å². The van der Waals surface area contributed by atoms with Crippen molar-refractivity contribution >= 4 is 11.8 Å². The second-order valence-corrected chi connectivity index (χ2v) is 5.47. The monoisotopic (exact) mass is 330 g/mol. The predicted octanol–water partition coefficient (Wildman–Crippen LogP) is -0.241. The highest BCUT2D eigenvalue weighted by atomic mass is 16.7. The summed E-state index contributed by atoms with van der Waals surface area (Å²) in [6.45, 7) is 3.26. The number of fused-ring (bicyclic) bond motifs is 1. The Hall–Kier alpha value is -3.30. The number of hydrogen-bond acceptors (Lipinski definition) is 8. The third-order valence-electron chi connectivity index (χ3n) is 3.25. The molecule has 0 spiro atoms. The van der Waals surface area contributed by atoms with Crippen molar-refractivity contribution < 1.29 is 19.1 Å². The summed E-state index contributed by atoms with van der Waals surface area (Å²) in [4.78, 5) is 39.9. The van der Waals surface area contributed by atoms with Crippen molar-refractivity contribution in [2.75, 3.05) is 6.79 Å². The summed E-state index contributed by atoms with van der Waals surface area (Å²) in [5.74, 6) is -0.887. The Labute approximate surface area is 136 Å². The van der Waals surface area contributed by atoms with Crippen LogP contribution in [0.15, 0.2) is 18.6 Å². The van der Waals surface area contributed by atoms with Crippen LogP contribution in [0.3, 0.4) is 0 Å². The summed E-state index contributed by atoms with van der Waals surface area (Å²) in [5, 5.41) is 2.73. The first-order chi connectivity index (χ1) is 11.4. The minimum atomic E-state index is -1.03. The molecule has 0 bridgehead atoms. The molecule has 1 aliphatic heterocycles. The van der Waals surface area contributed by atoms with E-state index in [0.717, 1.165) is 0 Å². The van der Waals surface area contributed by atoms with Gasteiger partial charge >= 0.3 is 0 Å². The van der Waals surface area contributed by atoms with Gasteiger partial charge in [0.25, 0.3) is 17.7 Å². The number of aromatic nitrogens is 4. The Kier molecular flexibility index (Phi) is 3.72. The van der Waals surface area contributed by atoms with Gasteiger partial charge in [-0.1, -0.05) is 0 Å². The number of carbonyl (C=O) groups excluding carboxylic acids is 2. The van der Waals surface area contributed by atoms with E-state index < -0.39 is 17.4 Å².